The second kappa shape index (κ2) is 11.5. The molecular weight excluding hydrogens is 498 g/mol. The Hall–Kier alpha value is -2.87. The molecule has 2 N–H and O–H groups in total. The topological polar surface area (TPSA) is 87.7 Å². The van der Waals surface area contributed by atoms with Gasteiger partial charge in [0.25, 0.3) is 5.91 Å². The first-order chi connectivity index (χ1) is 16.2. The molecule has 1 saturated heterocycles. The number of ether oxygens (including phenoxy) is 1. The van der Waals surface area contributed by atoms with E-state index in [1.807, 2.05) is 39.8 Å². The van der Waals surface area contributed by atoms with Crippen LogP contribution in [0.2, 0.25) is 0 Å². The maximum Gasteiger partial charge on any atom is 0.262 e. The summed E-state index contributed by atoms with van der Waals surface area (Å²) in [4.78, 5) is 38.9. The van der Waals surface area contributed by atoms with E-state index in [1.165, 1.54) is 0 Å². The summed E-state index contributed by atoms with van der Waals surface area (Å²) in [6.07, 6.45) is 1.01. The Morgan fingerprint density at radius 2 is 1.91 bits per heavy atom. The molecule has 0 aromatic heterocycles. The number of carbonyl (C=O) groups is 3. The number of nitrogens with one attached hydrogen (secondary N) is 2. The lowest BCUT2D eigenvalue weighted by atomic mass is 10.1. The molecule has 1 fully saturated rings. The Labute approximate surface area is 209 Å². The van der Waals surface area contributed by atoms with E-state index in [0.29, 0.717) is 30.4 Å². The molecule has 1 heterocycles. The minimum Gasteiger partial charge on any atom is -0.484 e. The second-order valence-corrected chi connectivity index (χ2v) is 9.90. The summed E-state index contributed by atoms with van der Waals surface area (Å²) in [6.45, 7) is 8.89. The first-order valence-electron chi connectivity index (χ1n) is 11.6. The summed E-state index contributed by atoms with van der Waals surface area (Å²) in [6, 6.07) is 11.0. The van der Waals surface area contributed by atoms with Gasteiger partial charge in [-0.3, -0.25) is 14.4 Å². The molecule has 0 spiro atoms. The summed E-state index contributed by atoms with van der Waals surface area (Å²) in [5.74, 6) is 0.145. The number of hydrogen-bond acceptors (Lipinski definition) is 4. The van der Waals surface area contributed by atoms with Crippen LogP contribution in [0.15, 0.2) is 40.9 Å². The zero-order chi connectivity index (χ0) is 24.8. The molecule has 3 rings (SSSR count). The molecule has 34 heavy (non-hydrogen) atoms. The molecule has 0 unspecified atom stereocenters. The highest BCUT2D eigenvalue weighted by molar-refractivity contribution is 9.10. The zero-order valence-corrected chi connectivity index (χ0v) is 21.7. The highest BCUT2D eigenvalue weighted by atomic mass is 79.9. The van der Waals surface area contributed by atoms with Crippen LogP contribution in [-0.4, -0.2) is 37.4 Å². The Balaban J connectivity index is 1.55. The van der Waals surface area contributed by atoms with Crippen LogP contribution in [0.25, 0.3) is 0 Å². The van der Waals surface area contributed by atoms with Gasteiger partial charge in [-0.15, -0.1) is 0 Å². The van der Waals surface area contributed by atoms with Gasteiger partial charge in [-0.05, 0) is 66.8 Å². The third kappa shape index (κ3) is 6.59. The molecule has 2 aromatic carbocycles. The van der Waals surface area contributed by atoms with Crippen LogP contribution in [-0.2, 0) is 20.8 Å². The fraction of sp³-hybridized carbons (Fsp3) is 0.423. The van der Waals surface area contributed by atoms with Crippen molar-refractivity contribution in [2.24, 2.45) is 11.8 Å². The van der Waals surface area contributed by atoms with Gasteiger partial charge in [0.05, 0.1) is 5.92 Å². The number of benzene rings is 2. The van der Waals surface area contributed by atoms with Crippen LogP contribution < -0.4 is 20.3 Å². The van der Waals surface area contributed by atoms with Gasteiger partial charge in [-0.25, -0.2) is 0 Å². The van der Waals surface area contributed by atoms with Gasteiger partial charge in [0, 0.05) is 35.4 Å². The van der Waals surface area contributed by atoms with Gasteiger partial charge < -0.3 is 20.3 Å². The Morgan fingerprint density at radius 1 is 1.21 bits per heavy atom. The first-order valence-corrected chi connectivity index (χ1v) is 12.4. The normalized spacial score (nSPS) is 15.5. The summed E-state index contributed by atoms with van der Waals surface area (Å²) >= 11 is 3.49. The monoisotopic (exact) mass is 529 g/mol. The van der Waals surface area contributed by atoms with Crippen molar-refractivity contribution in [2.45, 2.75) is 40.5 Å². The molecule has 2 aromatic rings. The third-order valence-electron chi connectivity index (χ3n) is 5.73. The molecule has 1 aliphatic heterocycles. The Bertz CT molecular complexity index is 1050. The van der Waals surface area contributed by atoms with E-state index in [9.17, 15) is 14.4 Å². The van der Waals surface area contributed by atoms with Crippen molar-refractivity contribution in [1.29, 1.82) is 0 Å². The van der Waals surface area contributed by atoms with E-state index < -0.39 is 0 Å². The molecule has 0 bridgehead atoms. The van der Waals surface area contributed by atoms with Crippen molar-refractivity contribution in [3.05, 3.63) is 52.0 Å². The van der Waals surface area contributed by atoms with E-state index in [4.69, 9.17) is 4.74 Å². The lowest BCUT2D eigenvalue weighted by molar-refractivity contribution is -0.126. The van der Waals surface area contributed by atoms with Crippen molar-refractivity contribution in [2.75, 3.05) is 29.9 Å². The summed E-state index contributed by atoms with van der Waals surface area (Å²) < 4.78 is 6.63. The summed E-state index contributed by atoms with van der Waals surface area (Å²) in [5, 5.41) is 5.85. The first kappa shape index (κ1) is 25.7. The lowest BCUT2D eigenvalue weighted by Gasteiger charge is -2.18. The molecule has 1 atom stereocenters. The van der Waals surface area contributed by atoms with Crippen LogP contribution in [0.1, 0.15) is 38.3 Å². The molecule has 3 amide bonds. The smallest absolute Gasteiger partial charge is 0.262 e. The molecular formula is C26H32BrN3O4. The largest absolute Gasteiger partial charge is 0.484 e. The van der Waals surface area contributed by atoms with Crippen molar-refractivity contribution in [3.63, 3.8) is 0 Å². The number of hydrogen-bond donors (Lipinski definition) is 2. The maximum atomic E-state index is 12.5. The van der Waals surface area contributed by atoms with E-state index in [-0.39, 0.29) is 36.7 Å². The predicted octanol–water partition coefficient (Wildman–Crippen LogP) is 4.46. The SMILES string of the molecule is CCc1cc(Br)cc(C)c1NC(=O)COc1ccc(N2C[C@H](C(=O)NCC(C)C)CC2=O)cc1. The quantitative estimate of drug-likeness (QED) is 0.501. The average Bonchev–Trinajstić information content (AvgIpc) is 3.19. The number of aryl methyl sites for hydroxylation is 2. The van der Waals surface area contributed by atoms with E-state index >= 15 is 0 Å². The van der Waals surface area contributed by atoms with Crippen molar-refractivity contribution < 1.29 is 19.1 Å². The zero-order valence-electron chi connectivity index (χ0n) is 20.1. The fourth-order valence-corrected chi connectivity index (χ4v) is 4.52. The van der Waals surface area contributed by atoms with E-state index in [1.54, 1.807) is 29.2 Å². The Morgan fingerprint density at radius 3 is 2.56 bits per heavy atom. The van der Waals surface area contributed by atoms with Crippen molar-refractivity contribution in [1.82, 2.24) is 5.32 Å². The fourth-order valence-electron chi connectivity index (χ4n) is 3.90. The minimum absolute atomic E-state index is 0.0747. The second-order valence-electron chi connectivity index (χ2n) is 8.99. The highest BCUT2D eigenvalue weighted by Crippen LogP contribution is 2.28. The molecule has 0 saturated carbocycles. The summed E-state index contributed by atoms with van der Waals surface area (Å²) in [7, 11) is 0. The molecule has 7 nitrogen and oxygen atoms in total. The van der Waals surface area contributed by atoms with E-state index in [0.717, 1.165) is 27.7 Å². The van der Waals surface area contributed by atoms with Crippen molar-refractivity contribution >= 4 is 45.0 Å². The molecule has 0 radical (unpaired) electrons. The average molecular weight is 530 g/mol. The van der Waals surface area contributed by atoms with Crippen LogP contribution in [0, 0.1) is 18.8 Å². The van der Waals surface area contributed by atoms with Gasteiger partial charge in [0.1, 0.15) is 5.75 Å². The van der Waals surface area contributed by atoms with Gasteiger partial charge >= 0.3 is 0 Å². The summed E-state index contributed by atoms with van der Waals surface area (Å²) in [5.41, 5.74) is 3.56. The number of carbonyl (C=O) groups excluding carboxylic acids is 3. The van der Waals surface area contributed by atoms with Crippen LogP contribution in [0.3, 0.4) is 0 Å². The standard InChI is InChI=1S/C26H32BrN3O4/c1-5-18-11-20(27)10-17(4)25(18)29-23(31)15-34-22-8-6-21(7-9-22)30-14-19(12-24(30)32)26(33)28-13-16(2)3/h6-11,16,19H,5,12-15H2,1-4H3,(H,28,33)(H,29,31)/t19-/m1/s1. The third-order valence-corrected chi connectivity index (χ3v) is 6.18. The predicted molar refractivity (Wildman–Crippen MR) is 137 cm³/mol. The lowest BCUT2D eigenvalue weighted by Crippen LogP contribution is -2.35. The molecule has 182 valence electrons. The minimum atomic E-state index is -0.346. The van der Waals surface area contributed by atoms with Crippen LogP contribution >= 0.6 is 15.9 Å². The van der Waals surface area contributed by atoms with Crippen LogP contribution in [0.5, 0.6) is 5.75 Å². The number of halogens is 1. The number of rotatable bonds is 9. The van der Waals surface area contributed by atoms with Crippen LogP contribution in [0.4, 0.5) is 11.4 Å². The molecule has 0 aliphatic carbocycles. The highest BCUT2D eigenvalue weighted by Gasteiger charge is 2.35. The number of nitrogens with zero attached hydrogens (tertiary/aromatic N) is 1. The number of anilines is 2. The van der Waals surface area contributed by atoms with E-state index in [2.05, 4.69) is 26.6 Å². The Kier molecular flexibility index (Phi) is 8.72. The van der Waals surface area contributed by atoms with Crippen molar-refractivity contribution in [3.8, 4) is 5.75 Å². The van der Waals surface area contributed by atoms with Gasteiger partial charge in [-0.2, -0.15) is 0 Å². The van der Waals surface area contributed by atoms with Gasteiger partial charge in [0.15, 0.2) is 6.61 Å². The number of amides is 3. The molecule has 1 aliphatic rings. The van der Waals surface area contributed by atoms with Gasteiger partial charge in [0.2, 0.25) is 11.8 Å². The maximum absolute atomic E-state index is 12.5. The molecule has 8 heteroatoms. The van der Waals surface area contributed by atoms with Gasteiger partial charge in [-0.1, -0.05) is 36.7 Å².